The molecule has 194 valence electrons. The first kappa shape index (κ1) is 24.5. The maximum absolute atomic E-state index is 10.8. The van der Waals surface area contributed by atoms with Gasteiger partial charge >= 0.3 is 0 Å². The van der Waals surface area contributed by atoms with E-state index < -0.39 is 0 Å². The lowest BCUT2D eigenvalue weighted by Crippen LogP contribution is -1.93. The third-order valence-corrected chi connectivity index (χ3v) is 10.3. The zero-order valence-electron chi connectivity index (χ0n) is 22.3. The summed E-state index contributed by atoms with van der Waals surface area (Å²) in [5, 5.41) is 24.9. The highest BCUT2D eigenvalue weighted by molar-refractivity contribution is 7.26. The molecule has 0 saturated heterocycles. The smallest absolute Gasteiger partial charge is 0.100 e. The van der Waals surface area contributed by atoms with Crippen LogP contribution >= 0.6 is 22.7 Å². The number of benzene rings is 6. The molecule has 0 bridgehead atoms. The SMILES string of the molecule is N#Cc1ccc(-c2cc(-c3ccc4sc5ccccc5c4c3)c(C#N)c(-c3cccc4sc5ccccc5c34)c2)cc1. The minimum absolute atomic E-state index is 0.622. The van der Waals surface area contributed by atoms with Gasteiger partial charge in [0.2, 0.25) is 0 Å². The summed E-state index contributed by atoms with van der Waals surface area (Å²) in [4.78, 5) is 0. The summed E-state index contributed by atoms with van der Waals surface area (Å²) >= 11 is 3.57. The van der Waals surface area contributed by atoms with E-state index in [2.05, 4.69) is 109 Å². The Kier molecular flexibility index (Phi) is 5.66. The lowest BCUT2D eigenvalue weighted by molar-refractivity contribution is 1.47. The Bertz CT molecular complexity index is 2430. The topological polar surface area (TPSA) is 47.6 Å². The summed E-state index contributed by atoms with van der Waals surface area (Å²) in [6, 6.07) is 46.7. The van der Waals surface area contributed by atoms with Crippen molar-refractivity contribution in [1.82, 2.24) is 0 Å². The second-order valence-corrected chi connectivity index (χ2v) is 12.5. The summed E-state index contributed by atoms with van der Waals surface area (Å²) in [5.74, 6) is 0. The molecule has 2 aromatic heterocycles. The number of hydrogen-bond acceptors (Lipinski definition) is 4. The van der Waals surface area contributed by atoms with Gasteiger partial charge in [-0.2, -0.15) is 10.5 Å². The fourth-order valence-electron chi connectivity index (χ4n) is 6.00. The third-order valence-electron chi connectivity index (χ3n) is 7.98. The number of rotatable bonds is 3. The maximum atomic E-state index is 10.8. The van der Waals surface area contributed by atoms with E-state index in [1.54, 1.807) is 22.7 Å². The van der Waals surface area contributed by atoms with Crippen molar-refractivity contribution < 1.29 is 0 Å². The Morgan fingerprint density at radius 3 is 1.86 bits per heavy atom. The van der Waals surface area contributed by atoms with Crippen molar-refractivity contribution in [2.45, 2.75) is 0 Å². The highest BCUT2D eigenvalue weighted by Crippen LogP contribution is 2.45. The van der Waals surface area contributed by atoms with E-state index in [9.17, 15) is 10.5 Å². The molecule has 0 saturated carbocycles. The largest absolute Gasteiger partial charge is 0.192 e. The minimum atomic E-state index is 0.622. The van der Waals surface area contributed by atoms with Gasteiger partial charge < -0.3 is 0 Å². The number of hydrogen-bond donors (Lipinski definition) is 0. The molecule has 0 spiro atoms. The van der Waals surface area contributed by atoms with E-state index in [4.69, 9.17) is 0 Å². The fraction of sp³-hybridized carbons (Fsp3) is 0. The molecular weight excluding hydrogens is 549 g/mol. The molecule has 0 amide bonds. The van der Waals surface area contributed by atoms with Crippen molar-refractivity contribution in [3.63, 3.8) is 0 Å². The Morgan fingerprint density at radius 1 is 0.429 bits per heavy atom. The quantitative estimate of drug-likeness (QED) is 0.213. The molecule has 8 aromatic rings. The third kappa shape index (κ3) is 3.82. The van der Waals surface area contributed by atoms with Crippen LogP contribution in [0, 0.1) is 22.7 Å². The van der Waals surface area contributed by atoms with Crippen molar-refractivity contribution in [1.29, 1.82) is 10.5 Å². The molecule has 0 atom stereocenters. The fourth-order valence-corrected chi connectivity index (χ4v) is 8.22. The Labute approximate surface area is 250 Å². The van der Waals surface area contributed by atoms with Crippen LogP contribution in [0.15, 0.2) is 121 Å². The van der Waals surface area contributed by atoms with Gasteiger partial charge in [-0.1, -0.05) is 66.7 Å². The van der Waals surface area contributed by atoms with Crippen LogP contribution in [0.5, 0.6) is 0 Å². The van der Waals surface area contributed by atoms with Gasteiger partial charge in [0.15, 0.2) is 0 Å². The lowest BCUT2D eigenvalue weighted by atomic mass is 9.86. The summed E-state index contributed by atoms with van der Waals surface area (Å²) < 4.78 is 4.93. The monoisotopic (exact) mass is 568 g/mol. The van der Waals surface area contributed by atoms with E-state index in [1.165, 1.54) is 40.3 Å². The molecule has 2 heterocycles. The molecule has 42 heavy (non-hydrogen) atoms. The Morgan fingerprint density at radius 2 is 1.07 bits per heavy atom. The second-order valence-electron chi connectivity index (χ2n) is 10.3. The summed E-state index contributed by atoms with van der Waals surface area (Å²) in [6.07, 6.45) is 0. The average Bonchev–Trinajstić information content (AvgIpc) is 3.62. The summed E-state index contributed by atoms with van der Waals surface area (Å²) in [5.41, 5.74) is 7.19. The van der Waals surface area contributed by atoms with E-state index in [0.717, 1.165) is 33.4 Å². The molecule has 0 N–H and O–H groups in total. The lowest BCUT2D eigenvalue weighted by Gasteiger charge is -2.15. The van der Waals surface area contributed by atoms with Crippen molar-refractivity contribution in [3.8, 4) is 45.5 Å². The van der Waals surface area contributed by atoms with Crippen LogP contribution in [0.1, 0.15) is 11.1 Å². The number of nitriles is 2. The first-order valence-corrected chi connectivity index (χ1v) is 15.3. The summed E-state index contributed by atoms with van der Waals surface area (Å²) in [6.45, 7) is 0. The van der Waals surface area contributed by atoms with Gasteiger partial charge in [-0.25, -0.2) is 0 Å². The first-order valence-electron chi connectivity index (χ1n) is 13.6. The highest BCUT2D eigenvalue weighted by Gasteiger charge is 2.19. The van der Waals surface area contributed by atoms with E-state index in [0.29, 0.717) is 11.1 Å². The van der Waals surface area contributed by atoms with Gasteiger partial charge in [0, 0.05) is 51.5 Å². The van der Waals surface area contributed by atoms with Gasteiger partial charge in [0.05, 0.1) is 17.2 Å². The first-order chi connectivity index (χ1) is 20.7. The van der Waals surface area contributed by atoms with Crippen LogP contribution in [0.2, 0.25) is 0 Å². The van der Waals surface area contributed by atoms with E-state index in [1.807, 2.05) is 24.3 Å². The predicted molar refractivity (Wildman–Crippen MR) is 178 cm³/mol. The van der Waals surface area contributed by atoms with Crippen LogP contribution in [0.4, 0.5) is 0 Å². The predicted octanol–water partition coefficient (Wildman–Crippen LogP) is 11.2. The van der Waals surface area contributed by atoms with Gasteiger partial charge in [0.25, 0.3) is 0 Å². The van der Waals surface area contributed by atoms with Crippen LogP contribution in [0.25, 0.3) is 73.7 Å². The van der Waals surface area contributed by atoms with Crippen LogP contribution in [-0.4, -0.2) is 0 Å². The van der Waals surface area contributed by atoms with E-state index >= 15 is 0 Å². The van der Waals surface area contributed by atoms with Crippen LogP contribution < -0.4 is 0 Å². The normalized spacial score (nSPS) is 11.3. The highest BCUT2D eigenvalue weighted by atomic mass is 32.1. The van der Waals surface area contributed by atoms with Crippen LogP contribution in [-0.2, 0) is 0 Å². The van der Waals surface area contributed by atoms with Crippen LogP contribution in [0.3, 0.4) is 0 Å². The zero-order valence-corrected chi connectivity index (χ0v) is 23.9. The molecular formula is C38H20N2S2. The van der Waals surface area contributed by atoms with Gasteiger partial charge in [-0.05, 0) is 76.9 Å². The molecule has 0 aliphatic heterocycles. The zero-order chi connectivity index (χ0) is 28.2. The van der Waals surface area contributed by atoms with Gasteiger partial charge in [0.1, 0.15) is 6.07 Å². The van der Waals surface area contributed by atoms with E-state index in [-0.39, 0.29) is 0 Å². The standard InChI is InChI=1S/C38H20N2S2/c39-21-23-12-14-24(15-13-23)26-19-30(25-16-17-36-32(18-25)27-6-1-3-9-34(27)41-36)33(22-40)31(20-26)28-8-5-11-37-38(28)29-7-2-4-10-35(29)42-37/h1-20H. The molecule has 4 heteroatoms. The number of thiophene rings is 2. The van der Waals surface area contributed by atoms with Gasteiger partial charge in [-0.15, -0.1) is 22.7 Å². The van der Waals surface area contributed by atoms with Crippen molar-refractivity contribution in [3.05, 3.63) is 132 Å². The molecule has 0 radical (unpaired) electrons. The second kappa shape index (κ2) is 9.68. The molecule has 6 aromatic carbocycles. The molecule has 8 rings (SSSR count). The van der Waals surface area contributed by atoms with Crippen molar-refractivity contribution in [2.75, 3.05) is 0 Å². The summed E-state index contributed by atoms with van der Waals surface area (Å²) in [7, 11) is 0. The minimum Gasteiger partial charge on any atom is -0.192 e. The Hall–Kier alpha value is -5.26. The Balaban J connectivity index is 1.45. The molecule has 2 nitrogen and oxygen atoms in total. The maximum Gasteiger partial charge on any atom is 0.100 e. The van der Waals surface area contributed by atoms with Crippen molar-refractivity contribution in [2.24, 2.45) is 0 Å². The average molecular weight is 569 g/mol. The molecule has 0 aliphatic carbocycles. The molecule has 0 aliphatic rings. The number of nitrogens with zero attached hydrogens (tertiary/aromatic N) is 2. The van der Waals surface area contributed by atoms with Gasteiger partial charge in [-0.3, -0.25) is 0 Å². The van der Waals surface area contributed by atoms with Crippen molar-refractivity contribution >= 4 is 63.0 Å². The molecule has 0 fully saturated rings. The number of fused-ring (bicyclic) bond motifs is 6. The molecule has 0 unspecified atom stereocenters.